The molecule has 8 rings (SSSR count). The van der Waals surface area contributed by atoms with Gasteiger partial charge in [0.05, 0.1) is 22.6 Å². The number of H-pyrrole nitrogens is 1. The number of fused-ring (bicyclic) bond motifs is 1. The summed E-state index contributed by atoms with van der Waals surface area (Å²) in [6.45, 7) is 0. The number of nitrogens with one attached hydrogen (secondary N) is 3. The molecule has 2 heterocycles. The fourth-order valence-corrected chi connectivity index (χ4v) is 6.33. The molecule has 0 unspecified atom stereocenters. The van der Waals surface area contributed by atoms with Crippen LogP contribution in [0.2, 0.25) is 5.02 Å². The highest BCUT2D eigenvalue weighted by atomic mass is 35.5. The molecule has 0 spiro atoms. The molecule has 11 heteroatoms. The molecule has 55 heavy (non-hydrogen) atoms. The van der Waals surface area contributed by atoms with Gasteiger partial charge in [-0.1, -0.05) is 103 Å². The minimum Gasteiger partial charge on any atom is -0.354 e. The second kappa shape index (κ2) is 15.3. The van der Waals surface area contributed by atoms with Crippen molar-refractivity contribution in [1.82, 2.24) is 10.4 Å². The van der Waals surface area contributed by atoms with Gasteiger partial charge < -0.3 is 4.98 Å². The number of hydrogen-bond acceptors (Lipinski definition) is 7. The zero-order valence-corrected chi connectivity index (χ0v) is 29.7. The molecule has 5 aromatic carbocycles. The Labute approximate surface area is 320 Å². The number of anilines is 2. The molecule has 266 valence electrons. The number of aromatic nitrogens is 1. The van der Waals surface area contributed by atoms with Gasteiger partial charge in [0.25, 0.3) is 11.8 Å². The van der Waals surface area contributed by atoms with E-state index in [-0.39, 0.29) is 34.3 Å². The molecule has 3 N–H and O–H groups in total. The largest absolute Gasteiger partial charge is 0.354 e. The number of carbonyl (C=O) groups is 3. The molecule has 0 saturated carbocycles. The van der Waals surface area contributed by atoms with Crippen LogP contribution in [0, 0.1) is 0 Å². The Morgan fingerprint density at radius 2 is 1.42 bits per heavy atom. The zero-order valence-electron chi connectivity index (χ0n) is 29.0. The second-order valence-electron chi connectivity index (χ2n) is 12.5. The van der Waals surface area contributed by atoms with Crippen LogP contribution in [0.5, 0.6) is 0 Å². The molecule has 2 amide bonds. The first-order valence-corrected chi connectivity index (χ1v) is 17.6. The van der Waals surface area contributed by atoms with Crippen LogP contribution >= 0.6 is 11.6 Å². The standard InChI is InChI=1S/C44H30ClN7O3/c45-31-21-23-32(24-22-31)48-49-41(35-16-8-10-18-39(35)53)50-51-43(54)30-19-25-33(26-20-30)52-42(29-13-5-2-6-14-29)47-38(44(52)55)27-36-34-15-7-9-17-37(34)46-40(36)28-11-3-1-4-12-28/h1-27,46,48-49H/b38-27-,41-35+,51-50?. The summed E-state index contributed by atoms with van der Waals surface area (Å²) in [5.41, 5.74) is 12.1. The molecule has 0 atom stereocenters. The molecule has 0 saturated heterocycles. The molecule has 1 aliphatic carbocycles. The first-order chi connectivity index (χ1) is 26.9. The number of halogens is 1. The van der Waals surface area contributed by atoms with Crippen molar-refractivity contribution in [3.05, 3.63) is 197 Å². The maximum absolute atomic E-state index is 14.3. The minimum absolute atomic E-state index is 0.0434. The molecule has 6 aromatic rings. The number of hydrogen-bond donors (Lipinski definition) is 3. The number of nitrogens with zero attached hydrogens (tertiary/aromatic N) is 4. The number of amides is 2. The second-order valence-corrected chi connectivity index (χ2v) is 12.9. The van der Waals surface area contributed by atoms with Crippen LogP contribution in [0.1, 0.15) is 21.5 Å². The molecule has 2 aliphatic rings. The van der Waals surface area contributed by atoms with E-state index in [9.17, 15) is 14.4 Å². The number of rotatable bonds is 9. The van der Waals surface area contributed by atoms with Gasteiger partial charge in [0.1, 0.15) is 11.5 Å². The van der Waals surface area contributed by atoms with Crippen LogP contribution in [-0.2, 0) is 9.59 Å². The predicted octanol–water partition coefficient (Wildman–Crippen LogP) is 9.44. The Bertz CT molecular complexity index is 2640. The van der Waals surface area contributed by atoms with Crippen molar-refractivity contribution in [2.75, 3.05) is 10.3 Å². The van der Waals surface area contributed by atoms with Gasteiger partial charge in [-0.25, -0.2) is 4.99 Å². The number of ketones is 1. The molecule has 1 aliphatic heterocycles. The van der Waals surface area contributed by atoms with Crippen LogP contribution in [0.25, 0.3) is 28.2 Å². The Morgan fingerprint density at radius 1 is 0.745 bits per heavy atom. The lowest BCUT2D eigenvalue weighted by molar-refractivity contribution is -0.114. The van der Waals surface area contributed by atoms with E-state index in [0.717, 1.165) is 33.3 Å². The highest BCUT2D eigenvalue weighted by molar-refractivity contribution is 6.33. The molecular weight excluding hydrogens is 710 g/mol. The van der Waals surface area contributed by atoms with Gasteiger partial charge >= 0.3 is 0 Å². The van der Waals surface area contributed by atoms with E-state index >= 15 is 0 Å². The number of aliphatic imine (C=N–C) groups is 1. The van der Waals surface area contributed by atoms with Crippen LogP contribution in [0.4, 0.5) is 11.4 Å². The average Bonchev–Trinajstić information content (AvgIpc) is 3.76. The highest BCUT2D eigenvalue weighted by Gasteiger charge is 2.33. The lowest BCUT2D eigenvalue weighted by atomic mass is 10.0. The molecule has 0 fully saturated rings. The van der Waals surface area contributed by atoms with Crippen LogP contribution in [0.3, 0.4) is 0 Å². The number of carbonyl (C=O) groups excluding carboxylic acids is 3. The SMILES string of the molecule is O=C1C=CC=C/C1=C(\N=NC(=O)c1ccc(N2C(=O)/C(=C/c3c(-c4ccccc4)[nH]c4ccccc34)N=C2c2ccccc2)cc1)NNc1ccc(Cl)cc1. The lowest BCUT2D eigenvalue weighted by Gasteiger charge is -2.18. The molecule has 0 radical (unpaired) electrons. The topological polar surface area (TPSA) is 131 Å². The molecule has 1 aromatic heterocycles. The highest BCUT2D eigenvalue weighted by Crippen LogP contribution is 2.35. The van der Waals surface area contributed by atoms with E-state index < -0.39 is 5.91 Å². The van der Waals surface area contributed by atoms with Crippen LogP contribution in [0.15, 0.2) is 190 Å². The van der Waals surface area contributed by atoms with Crippen molar-refractivity contribution in [3.8, 4) is 11.3 Å². The third-order valence-electron chi connectivity index (χ3n) is 8.91. The molecule has 10 nitrogen and oxygen atoms in total. The van der Waals surface area contributed by atoms with E-state index in [0.29, 0.717) is 22.2 Å². The number of benzene rings is 5. The summed E-state index contributed by atoms with van der Waals surface area (Å²) in [7, 11) is 0. The van der Waals surface area contributed by atoms with Crippen molar-refractivity contribution < 1.29 is 14.4 Å². The Balaban J connectivity index is 1.09. The van der Waals surface area contributed by atoms with E-state index in [1.54, 1.807) is 66.8 Å². The summed E-state index contributed by atoms with van der Waals surface area (Å²) in [6, 6.07) is 40.7. The summed E-state index contributed by atoms with van der Waals surface area (Å²) >= 11 is 6.00. The quantitative estimate of drug-likeness (QED) is 0.0773. The van der Waals surface area contributed by atoms with Gasteiger partial charge in [-0.3, -0.25) is 30.1 Å². The zero-order chi connectivity index (χ0) is 37.7. The number of allylic oxidation sites excluding steroid dienone is 5. The van der Waals surface area contributed by atoms with Gasteiger partial charge in [-0.05, 0) is 78.4 Å². The maximum Gasteiger partial charge on any atom is 0.295 e. The fraction of sp³-hybridized carbons (Fsp3) is 0. The van der Waals surface area contributed by atoms with E-state index in [4.69, 9.17) is 16.6 Å². The minimum atomic E-state index is -0.654. The van der Waals surface area contributed by atoms with E-state index in [2.05, 4.69) is 26.1 Å². The van der Waals surface area contributed by atoms with Crippen LogP contribution < -0.4 is 15.8 Å². The number of aromatic amines is 1. The van der Waals surface area contributed by atoms with E-state index in [1.165, 1.54) is 11.0 Å². The van der Waals surface area contributed by atoms with Crippen molar-refractivity contribution in [3.63, 3.8) is 0 Å². The molecule has 0 bridgehead atoms. The van der Waals surface area contributed by atoms with E-state index in [1.807, 2.05) is 91.0 Å². The third kappa shape index (κ3) is 7.30. The fourth-order valence-electron chi connectivity index (χ4n) is 6.20. The number of hydrazine groups is 1. The van der Waals surface area contributed by atoms with Crippen molar-refractivity contribution in [1.29, 1.82) is 0 Å². The van der Waals surface area contributed by atoms with Crippen molar-refractivity contribution in [2.45, 2.75) is 0 Å². The van der Waals surface area contributed by atoms with Gasteiger partial charge in [0, 0.05) is 32.6 Å². The van der Waals surface area contributed by atoms with Crippen molar-refractivity contribution >= 4 is 63.4 Å². The lowest BCUT2D eigenvalue weighted by Crippen LogP contribution is -2.32. The summed E-state index contributed by atoms with van der Waals surface area (Å²) in [5.74, 6) is -0.789. The van der Waals surface area contributed by atoms with Crippen LogP contribution in [-0.4, -0.2) is 28.4 Å². The average molecular weight is 740 g/mol. The maximum atomic E-state index is 14.3. The smallest absolute Gasteiger partial charge is 0.295 e. The number of azo groups is 1. The number of para-hydroxylation sites is 1. The number of amidine groups is 1. The Hall–Kier alpha value is -7.43. The first kappa shape index (κ1) is 34.6. The third-order valence-corrected chi connectivity index (χ3v) is 9.16. The first-order valence-electron chi connectivity index (χ1n) is 17.3. The van der Waals surface area contributed by atoms with Gasteiger partial charge in [0.2, 0.25) is 0 Å². The molecular formula is C44H30ClN7O3. The summed E-state index contributed by atoms with van der Waals surface area (Å²) in [4.78, 5) is 50.3. The van der Waals surface area contributed by atoms with Crippen molar-refractivity contribution in [2.24, 2.45) is 15.2 Å². The Morgan fingerprint density at radius 3 is 2.15 bits per heavy atom. The van der Waals surface area contributed by atoms with Gasteiger partial charge in [-0.2, -0.15) is 0 Å². The monoisotopic (exact) mass is 739 g/mol. The summed E-state index contributed by atoms with van der Waals surface area (Å²) < 4.78 is 0. The predicted molar refractivity (Wildman–Crippen MR) is 216 cm³/mol. The van der Waals surface area contributed by atoms with Gasteiger partial charge in [-0.15, -0.1) is 10.2 Å². The summed E-state index contributed by atoms with van der Waals surface area (Å²) in [5, 5.41) is 9.57. The normalized spacial score (nSPS) is 15.6. The summed E-state index contributed by atoms with van der Waals surface area (Å²) in [6.07, 6.45) is 8.10. The van der Waals surface area contributed by atoms with Gasteiger partial charge in [0.15, 0.2) is 11.6 Å². The Kier molecular flexibility index (Phi) is 9.62.